The van der Waals surface area contributed by atoms with Crippen LogP contribution in [0.5, 0.6) is 11.5 Å². The van der Waals surface area contributed by atoms with Gasteiger partial charge in [-0.15, -0.1) is 0 Å². The van der Waals surface area contributed by atoms with E-state index in [-0.39, 0.29) is 30.1 Å². The summed E-state index contributed by atoms with van der Waals surface area (Å²) in [6.45, 7) is 5.01. The zero-order valence-corrected chi connectivity index (χ0v) is 18.9. The number of ether oxygens (including phenoxy) is 2. The predicted molar refractivity (Wildman–Crippen MR) is 113 cm³/mol. The van der Waals surface area contributed by atoms with Gasteiger partial charge in [0.1, 0.15) is 0 Å². The van der Waals surface area contributed by atoms with Crippen molar-refractivity contribution in [3.05, 3.63) is 23.8 Å². The van der Waals surface area contributed by atoms with Crippen LogP contribution in [0.3, 0.4) is 0 Å². The molecule has 0 radical (unpaired) electrons. The molecule has 4 saturated heterocycles. The van der Waals surface area contributed by atoms with Crippen molar-refractivity contribution in [3.8, 4) is 11.5 Å². The Morgan fingerprint density at radius 1 is 1.14 bits per heavy atom. The van der Waals surface area contributed by atoms with E-state index < -0.39 is 9.74 Å². The maximum absolute atomic E-state index is 13.8. The number of likely N-dealkylation sites (N-methyl/N-ethyl adjacent to an activating group) is 1. The van der Waals surface area contributed by atoms with Gasteiger partial charge in [0.05, 0.1) is 6.04 Å². The molecule has 1 spiro atoms. The first kappa shape index (κ1) is 19.4. The second kappa shape index (κ2) is 5.98. The van der Waals surface area contributed by atoms with Crippen LogP contribution in [-0.4, -0.2) is 70.7 Å². The summed E-state index contributed by atoms with van der Waals surface area (Å²) in [5.41, 5.74) is 0.688. The van der Waals surface area contributed by atoms with Crippen molar-refractivity contribution in [2.75, 3.05) is 34.5 Å². The van der Waals surface area contributed by atoms with E-state index in [1.165, 1.54) is 10.8 Å². The number of fused-ring (bicyclic) bond motifs is 3. The first-order valence-electron chi connectivity index (χ1n) is 9.66. The fourth-order valence-corrected chi connectivity index (χ4v) is 8.99. The Balaban J connectivity index is 1.69. The lowest BCUT2D eigenvalue weighted by molar-refractivity contribution is -0.164. The number of nitrogens with zero attached hydrogens (tertiary/aromatic N) is 3. The first-order chi connectivity index (χ1) is 13.6. The second-order valence-electron chi connectivity index (χ2n) is 9.06. The quantitative estimate of drug-likeness (QED) is 0.676. The molecule has 156 valence electrons. The average Bonchev–Trinajstić information content (AvgIpc) is 3.22. The van der Waals surface area contributed by atoms with Gasteiger partial charge in [0.25, 0.3) is 11.8 Å². The Morgan fingerprint density at radius 2 is 1.86 bits per heavy atom. The molecule has 0 saturated carbocycles. The van der Waals surface area contributed by atoms with Crippen LogP contribution in [0, 0.1) is 5.41 Å². The fraction of sp³-hybridized carbons (Fsp3) is 0.600. The Kier molecular flexibility index (Phi) is 4.00. The molecule has 4 unspecified atom stereocenters. The number of benzene rings is 1. The smallest absolute Gasteiger partial charge is 0.261 e. The number of hydrogen-bond donors (Lipinski definition) is 0. The number of hydrogen-bond acceptors (Lipinski definition) is 7. The van der Waals surface area contributed by atoms with Gasteiger partial charge in [-0.1, -0.05) is 34.6 Å². The lowest BCUT2D eigenvalue weighted by Crippen LogP contribution is -2.73. The van der Waals surface area contributed by atoms with E-state index in [2.05, 4.69) is 11.8 Å². The number of piperazine rings is 1. The zero-order chi connectivity index (χ0) is 20.8. The minimum Gasteiger partial charge on any atom is -0.454 e. The third-order valence-corrected chi connectivity index (χ3v) is 10.3. The maximum atomic E-state index is 13.8. The molecule has 2 bridgehead atoms. The SMILES string of the molecule is CN(C)CC1(C)CC23SSC(C)(C(=O)N2C1c1ccc2c(c1)OCO2)N(C)C3=O. The average molecular weight is 436 g/mol. The summed E-state index contributed by atoms with van der Waals surface area (Å²) in [6.07, 6.45) is 0.611. The van der Waals surface area contributed by atoms with Crippen LogP contribution in [0.4, 0.5) is 0 Å². The minimum atomic E-state index is -0.887. The highest BCUT2D eigenvalue weighted by Gasteiger charge is 2.74. The molecule has 4 atom stereocenters. The van der Waals surface area contributed by atoms with Crippen molar-refractivity contribution in [1.82, 2.24) is 14.7 Å². The summed E-state index contributed by atoms with van der Waals surface area (Å²) in [4.78, 5) is 31.2. The van der Waals surface area contributed by atoms with Crippen LogP contribution in [-0.2, 0) is 9.59 Å². The van der Waals surface area contributed by atoms with E-state index >= 15 is 0 Å². The highest BCUT2D eigenvalue weighted by atomic mass is 33.1. The molecule has 7 nitrogen and oxygen atoms in total. The molecule has 9 heteroatoms. The second-order valence-corrected chi connectivity index (χ2v) is 11.9. The molecule has 29 heavy (non-hydrogen) atoms. The number of amides is 2. The van der Waals surface area contributed by atoms with E-state index in [0.29, 0.717) is 12.2 Å². The Bertz CT molecular complexity index is 927. The highest BCUT2D eigenvalue weighted by Crippen LogP contribution is 2.69. The van der Waals surface area contributed by atoms with Crippen molar-refractivity contribution in [1.29, 1.82) is 0 Å². The molecule has 1 aromatic rings. The van der Waals surface area contributed by atoms with Gasteiger partial charge in [-0.2, -0.15) is 0 Å². The standard InChI is InChI=1S/C20H25N3O4S2/c1-18(10-21(3)4)9-20-17(25)22(5)19(2,28-29-20)16(24)23(20)15(18)12-6-7-13-14(8-12)27-11-26-13/h6-8,15H,9-11H2,1-5H3. The summed E-state index contributed by atoms with van der Waals surface area (Å²) >= 11 is 0. The number of rotatable bonds is 3. The molecule has 5 aliphatic rings. The van der Waals surface area contributed by atoms with Crippen molar-refractivity contribution in [2.24, 2.45) is 5.41 Å². The zero-order valence-electron chi connectivity index (χ0n) is 17.2. The first-order valence-corrected chi connectivity index (χ1v) is 11.8. The van der Waals surface area contributed by atoms with Crippen LogP contribution in [0.2, 0.25) is 0 Å². The molecular weight excluding hydrogens is 410 g/mol. The molecule has 0 aliphatic carbocycles. The number of carbonyl (C=O) groups is 2. The van der Waals surface area contributed by atoms with Gasteiger partial charge in [0.2, 0.25) is 6.79 Å². The summed E-state index contributed by atoms with van der Waals surface area (Å²) in [6, 6.07) is 5.67. The van der Waals surface area contributed by atoms with Gasteiger partial charge in [0, 0.05) is 19.0 Å². The van der Waals surface area contributed by atoms with Gasteiger partial charge in [-0.25, -0.2) is 0 Å². The number of carbonyl (C=O) groups excluding carboxylic acids is 2. The highest BCUT2D eigenvalue weighted by molar-refractivity contribution is 8.78. The van der Waals surface area contributed by atoms with Crippen molar-refractivity contribution in [3.63, 3.8) is 0 Å². The molecule has 5 aliphatic heterocycles. The van der Waals surface area contributed by atoms with E-state index in [1.54, 1.807) is 22.7 Å². The van der Waals surface area contributed by atoms with Gasteiger partial charge >= 0.3 is 0 Å². The molecule has 4 fully saturated rings. The lowest BCUT2D eigenvalue weighted by atomic mass is 9.77. The molecule has 0 N–H and O–H groups in total. The van der Waals surface area contributed by atoms with Gasteiger partial charge in [-0.3, -0.25) is 9.59 Å². The normalized spacial score (nSPS) is 37.7. The van der Waals surface area contributed by atoms with Crippen molar-refractivity contribution in [2.45, 2.75) is 36.1 Å². The Labute approximate surface area is 178 Å². The summed E-state index contributed by atoms with van der Waals surface area (Å²) in [5.74, 6) is 1.45. The van der Waals surface area contributed by atoms with Crippen LogP contribution in [0.15, 0.2) is 18.2 Å². The summed E-state index contributed by atoms with van der Waals surface area (Å²) in [7, 11) is 8.89. The van der Waals surface area contributed by atoms with Crippen LogP contribution >= 0.6 is 21.6 Å². The van der Waals surface area contributed by atoms with E-state index in [0.717, 1.165) is 17.9 Å². The maximum Gasteiger partial charge on any atom is 0.261 e. The summed E-state index contributed by atoms with van der Waals surface area (Å²) in [5, 5.41) is 0. The predicted octanol–water partition coefficient (Wildman–Crippen LogP) is 2.54. The monoisotopic (exact) mass is 435 g/mol. The molecule has 1 aromatic carbocycles. The molecule has 5 heterocycles. The van der Waals surface area contributed by atoms with Gasteiger partial charge in [0.15, 0.2) is 21.2 Å². The van der Waals surface area contributed by atoms with E-state index in [4.69, 9.17) is 9.47 Å². The van der Waals surface area contributed by atoms with Crippen molar-refractivity contribution < 1.29 is 19.1 Å². The van der Waals surface area contributed by atoms with Crippen molar-refractivity contribution >= 4 is 33.4 Å². The largest absolute Gasteiger partial charge is 0.454 e. The fourth-order valence-electron chi connectivity index (χ4n) is 5.38. The van der Waals surface area contributed by atoms with Crippen LogP contribution in [0.1, 0.15) is 31.9 Å². The third-order valence-electron chi connectivity index (χ3n) is 6.58. The molecule has 0 aromatic heterocycles. The van der Waals surface area contributed by atoms with E-state index in [9.17, 15) is 9.59 Å². The van der Waals surface area contributed by atoms with Gasteiger partial charge in [-0.05, 0) is 45.1 Å². The molecular formula is C20H25N3O4S2. The van der Waals surface area contributed by atoms with E-state index in [1.807, 2.05) is 44.1 Å². The van der Waals surface area contributed by atoms with Crippen LogP contribution in [0.25, 0.3) is 0 Å². The molecule has 2 amide bonds. The third kappa shape index (κ3) is 2.38. The molecule has 6 rings (SSSR count). The van der Waals surface area contributed by atoms with Crippen LogP contribution < -0.4 is 9.47 Å². The Hall–Kier alpha value is -1.58. The lowest BCUT2D eigenvalue weighted by Gasteiger charge is -2.57. The topological polar surface area (TPSA) is 62.3 Å². The van der Waals surface area contributed by atoms with Gasteiger partial charge < -0.3 is 24.2 Å². The Morgan fingerprint density at radius 3 is 2.59 bits per heavy atom. The summed E-state index contributed by atoms with van der Waals surface area (Å²) < 4.78 is 11.1. The minimum absolute atomic E-state index is 0.00787.